The van der Waals surface area contributed by atoms with Crippen LogP contribution < -0.4 is 0 Å². The van der Waals surface area contributed by atoms with Crippen LogP contribution >= 0.6 is 0 Å². The van der Waals surface area contributed by atoms with E-state index in [2.05, 4.69) is 27.4 Å². The van der Waals surface area contributed by atoms with Crippen LogP contribution in [-0.4, -0.2) is 116 Å². The highest BCUT2D eigenvalue weighted by Crippen LogP contribution is 2.66. The zero-order valence-corrected chi connectivity index (χ0v) is 25.5. The Kier molecular flexibility index (Phi) is 9.27. The molecule has 0 unspecified atom stereocenters. The molecule has 7 N–H and O–H groups in total. The molecule has 2 heterocycles. The molecule has 0 aromatic rings. The van der Waals surface area contributed by atoms with Gasteiger partial charge >= 0.3 is 0 Å². The molecular formula is C31H52O11. The highest BCUT2D eigenvalue weighted by Gasteiger charge is 2.62. The molecule has 0 bridgehead atoms. The van der Waals surface area contributed by atoms with Gasteiger partial charge in [0.05, 0.1) is 24.9 Å². The monoisotopic (exact) mass is 600 g/mol. The van der Waals surface area contributed by atoms with Crippen molar-refractivity contribution >= 4 is 0 Å². The lowest BCUT2D eigenvalue weighted by Crippen LogP contribution is -2.65. The molecule has 11 nitrogen and oxygen atoms in total. The predicted molar refractivity (Wildman–Crippen MR) is 150 cm³/mol. The largest absolute Gasteiger partial charge is 0.394 e. The first kappa shape index (κ1) is 32.7. The molecule has 2 aliphatic heterocycles. The van der Waals surface area contributed by atoms with Gasteiger partial charge in [0, 0.05) is 5.92 Å². The van der Waals surface area contributed by atoms with Gasteiger partial charge in [-0.25, -0.2) is 0 Å². The number of hydrogen-bond donors (Lipinski definition) is 7. The zero-order valence-electron chi connectivity index (χ0n) is 25.5. The maximum atomic E-state index is 11.1. The molecule has 0 spiro atoms. The van der Waals surface area contributed by atoms with Crippen molar-refractivity contribution in [3.8, 4) is 0 Å². The van der Waals surface area contributed by atoms with Crippen LogP contribution in [0.3, 0.4) is 0 Å². The number of fused-ring (bicyclic) bond motifs is 3. The van der Waals surface area contributed by atoms with E-state index in [1.54, 1.807) is 0 Å². The fourth-order valence-corrected chi connectivity index (χ4v) is 9.31. The first-order chi connectivity index (χ1) is 19.6. The Bertz CT molecular complexity index is 977. The zero-order chi connectivity index (χ0) is 30.9. The minimum atomic E-state index is -1.62. The normalized spacial score (nSPS) is 54.2. The standard InChI is InChI=1S/C31H52O11/c1-13(2)16-11-17-15(22(16)34)7-8-19-30(4,5)20(9-10-31(17,19)6)41-29-27(25(37)23(35)18(12-32)40-29)42-28-26(38)24(36)21(33)14(3)39-28/h14-29,32-38H,1,7-12H2,2-6H3/t14-,15+,16+,17+,18+,19-,20-,21-,22+,23+,24+,25-,26+,27+,28-,29-,31+/m0/s1. The molecule has 0 amide bonds. The Morgan fingerprint density at radius 2 is 1.52 bits per heavy atom. The lowest BCUT2D eigenvalue weighted by atomic mass is 9.46. The van der Waals surface area contributed by atoms with E-state index in [9.17, 15) is 35.7 Å². The van der Waals surface area contributed by atoms with Crippen molar-refractivity contribution in [2.45, 2.75) is 140 Å². The number of aliphatic hydroxyl groups excluding tert-OH is 7. The van der Waals surface area contributed by atoms with E-state index in [4.69, 9.17) is 18.9 Å². The Balaban J connectivity index is 1.36. The van der Waals surface area contributed by atoms with Crippen molar-refractivity contribution in [1.29, 1.82) is 0 Å². The molecule has 5 rings (SSSR count). The maximum absolute atomic E-state index is 11.1. The number of aliphatic hydroxyl groups is 7. The van der Waals surface area contributed by atoms with E-state index in [0.717, 1.165) is 31.3 Å². The number of ether oxygens (including phenoxy) is 4. The minimum absolute atomic E-state index is 0.00270. The second kappa shape index (κ2) is 11.9. The topological polar surface area (TPSA) is 179 Å². The van der Waals surface area contributed by atoms with Gasteiger partial charge in [0.25, 0.3) is 0 Å². The molecule has 242 valence electrons. The molecule has 2 saturated heterocycles. The van der Waals surface area contributed by atoms with Crippen molar-refractivity contribution in [3.63, 3.8) is 0 Å². The second-order valence-electron chi connectivity index (χ2n) is 14.6. The van der Waals surface area contributed by atoms with Gasteiger partial charge in [0.15, 0.2) is 12.6 Å². The summed E-state index contributed by atoms with van der Waals surface area (Å²) < 4.78 is 24.1. The van der Waals surface area contributed by atoms with Gasteiger partial charge in [0.2, 0.25) is 0 Å². The summed E-state index contributed by atoms with van der Waals surface area (Å²) in [6.45, 7) is 13.8. The van der Waals surface area contributed by atoms with E-state index in [0.29, 0.717) is 12.3 Å². The summed E-state index contributed by atoms with van der Waals surface area (Å²) >= 11 is 0. The van der Waals surface area contributed by atoms with Crippen LogP contribution in [0.2, 0.25) is 0 Å². The first-order valence-corrected chi connectivity index (χ1v) is 15.6. The summed E-state index contributed by atoms with van der Waals surface area (Å²) in [5.74, 6) is 1.03. The van der Waals surface area contributed by atoms with Crippen molar-refractivity contribution in [1.82, 2.24) is 0 Å². The third-order valence-corrected chi connectivity index (χ3v) is 11.8. The van der Waals surface area contributed by atoms with E-state index >= 15 is 0 Å². The van der Waals surface area contributed by atoms with Crippen LogP contribution in [0.1, 0.15) is 66.7 Å². The molecule has 42 heavy (non-hydrogen) atoms. The predicted octanol–water partition coefficient (Wildman–Crippen LogP) is 0.449. The summed E-state index contributed by atoms with van der Waals surface area (Å²) in [6.07, 6.45) is -9.83. The van der Waals surface area contributed by atoms with Crippen molar-refractivity contribution in [2.75, 3.05) is 6.61 Å². The van der Waals surface area contributed by atoms with Gasteiger partial charge in [-0.15, -0.1) is 0 Å². The lowest BCUT2D eigenvalue weighted by molar-refractivity contribution is -0.375. The average Bonchev–Trinajstić information content (AvgIpc) is 3.29. The van der Waals surface area contributed by atoms with Crippen LogP contribution in [0.25, 0.3) is 0 Å². The molecule has 11 heteroatoms. The SMILES string of the molecule is C=C(C)[C@H]1C[C@@H]2[C@@H](CC[C@H]3C(C)(C)[C@@H](O[C@@H]4O[C@H](CO)[C@@H](O)[C@H](O)[C@H]4O[C@@H]4O[C@@H](C)[C@H](O)[C@@H](O)[C@H]4O)CC[C@]23C)[C@H]1O. The highest BCUT2D eigenvalue weighted by atomic mass is 16.8. The molecule has 17 atom stereocenters. The molecule has 0 aromatic carbocycles. The van der Waals surface area contributed by atoms with Gasteiger partial charge in [-0.1, -0.05) is 32.9 Å². The molecule has 5 aliphatic rings. The van der Waals surface area contributed by atoms with Crippen molar-refractivity contribution < 1.29 is 54.7 Å². The van der Waals surface area contributed by atoms with E-state index in [1.807, 2.05) is 6.92 Å². The van der Waals surface area contributed by atoms with Crippen LogP contribution in [0.5, 0.6) is 0 Å². The van der Waals surface area contributed by atoms with E-state index in [1.165, 1.54) is 6.92 Å². The summed E-state index contributed by atoms with van der Waals surface area (Å²) in [6, 6.07) is 0. The van der Waals surface area contributed by atoms with Crippen LogP contribution in [-0.2, 0) is 18.9 Å². The Hall–Kier alpha value is -0.700. The summed E-state index contributed by atoms with van der Waals surface area (Å²) in [5, 5.41) is 73.6. The fourth-order valence-electron chi connectivity index (χ4n) is 9.31. The first-order valence-electron chi connectivity index (χ1n) is 15.6. The Morgan fingerprint density at radius 3 is 2.17 bits per heavy atom. The van der Waals surface area contributed by atoms with Crippen molar-refractivity contribution in [3.05, 3.63) is 12.2 Å². The molecule has 0 aromatic heterocycles. The fraction of sp³-hybridized carbons (Fsp3) is 0.935. The maximum Gasteiger partial charge on any atom is 0.187 e. The lowest BCUT2D eigenvalue weighted by Gasteiger charge is -2.61. The molecule has 3 aliphatic carbocycles. The van der Waals surface area contributed by atoms with Crippen LogP contribution in [0.4, 0.5) is 0 Å². The van der Waals surface area contributed by atoms with E-state index in [-0.39, 0.29) is 40.8 Å². The van der Waals surface area contributed by atoms with Gasteiger partial charge in [-0.05, 0) is 74.5 Å². The van der Waals surface area contributed by atoms with E-state index < -0.39 is 68.0 Å². The van der Waals surface area contributed by atoms with Gasteiger partial charge in [-0.2, -0.15) is 0 Å². The van der Waals surface area contributed by atoms with Crippen LogP contribution in [0.15, 0.2) is 12.2 Å². The number of hydrogen-bond acceptors (Lipinski definition) is 11. The average molecular weight is 601 g/mol. The van der Waals surface area contributed by atoms with Gasteiger partial charge < -0.3 is 54.7 Å². The molecule has 3 saturated carbocycles. The highest BCUT2D eigenvalue weighted by molar-refractivity contribution is 5.15. The minimum Gasteiger partial charge on any atom is -0.394 e. The third kappa shape index (κ3) is 5.30. The van der Waals surface area contributed by atoms with Gasteiger partial charge in [-0.3, -0.25) is 0 Å². The molecular weight excluding hydrogens is 548 g/mol. The van der Waals surface area contributed by atoms with Crippen LogP contribution in [0, 0.1) is 34.5 Å². The Labute approximate surface area is 248 Å². The quantitative estimate of drug-likeness (QED) is 0.166. The Morgan fingerprint density at radius 1 is 0.833 bits per heavy atom. The summed E-state index contributed by atoms with van der Waals surface area (Å²) in [7, 11) is 0. The smallest absolute Gasteiger partial charge is 0.187 e. The summed E-state index contributed by atoms with van der Waals surface area (Å²) in [4.78, 5) is 0. The number of rotatable bonds is 6. The molecule has 5 fully saturated rings. The summed E-state index contributed by atoms with van der Waals surface area (Å²) in [5.41, 5.74) is 0.706. The third-order valence-electron chi connectivity index (χ3n) is 11.8. The second-order valence-corrected chi connectivity index (χ2v) is 14.6. The van der Waals surface area contributed by atoms with Gasteiger partial charge in [0.1, 0.15) is 42.7 Å². The molecule has 0 radical (unpaired) electrons. The van der Waals surface area contributed by atoms with Crippen molar-refractivity contribution in [2.24, 2.45) is 34.5 Å².